The van der Waals surface area contributed by atoms with Crippen LogP contribution in [0.15, 0.2) is 152 Å². The highest BCUT2D eigenvalue weighted by molar-refractivity contribution is 5.67. The summed E-state index contributed by atoms with van der Waals surface area (Å²) in [6.07, 6.45) is 0. The fraction of sp³-hybridized carbons (Fsp3) is 0. The number of hydrogen-bond donors (Lipinski definition) is 2. The molecule has 1 aromatic heterocycles. The van der Waals surface area contributed by atoms with Gasteiger partial charge < -0.3 is 25.7 Å². The van der Waals surface area contributed by atoms with Crippen molar-refractivity contribution in [3.63, 3.8) is 0 Å². The van der Waals surface area contributed by atoms with Gasteiger partial charge in [-0.15, -0.1) is 0 Å². The molecule has 228 valence electrons. The molecule has 0 saturated heterocycles. The zero-order valence-corrected chi connectivity index (χ0v) is 25.2. The van der Waals surface area contributed by atoms with Crippen molar-refractivity contribution in [2.75, 3.05) is 11.5 Å². The molecule has 0 radical (unpaired) electrons. The molecule has 0 unspecified atom stereocenters. The molecule has 47 heavy (non-hydrogen) atoms. The van der Waals surface area contributed by atoms with Gasteiger partial charge in [0.1, 0.15) is 34.5 Å². The number of nitrogens with two attached hydrogens (primary N) is 2. The van der Waals surface area contributed by atoms with Crippen LogP contribution in [-0.4, -0.2) is 15.0 Å². The highest BCUT2D eigenvalue weighted by atomic mass is 16.5. The van der Waals surface area contributed by atoms with Crippen LogP contribution in [-0.2, 0) is 0 Å². The lowest BCUT2D eigenvalue weighted by molar-refractivity contribution is 0.482. The molecule has 8 nitrogen and oxygen atoms in total. The maximum atomic E-state index is 5.99. The Balaban J connectivity index is 1.20. The SMILES string of the molecule is Nc1ccc(Oc2ccc(-c3nc(-c4ccc(Oc5ccccc5)cc4)nc(-c4ccc(Oc5cccc(N)c5)cc4)n3)cc2)cc1. The van der Waals surface area contributed by atoms with E-state index >= 15 is 0 Å². The number of aromatic nitrogens is 3. The minimum atomic E-state index is 0.521. The van der Waals surface area contributed by atoms with Gasteiger partial charge in [-0.05, 0) is 121 Å². The first-order valence-electron chi connectivity index (χ1n) is 14.9. The van der Waals surface area contributed by atoms with Crippen LogP contribution >= 0.6 is 0 Å². The molecule has 7 rings (SSSR count). The van der Waals surface area contributed by atoms with Crippen LogP contribution in [0.2, 0.25) is 0 Å². The fourth-order valence-electron chi connectivity index (χ4n) is 4.79. The molecule has 0 amide bonds. The summed E-state index contributed by atoms with van der Waals surface area (Å²) in [5, 5.41) is 0. The smallest absolute Gasteiger partial charge is 0.164 e. The molecule has 0 saturated carbocycles. The van der Waals surface area contributed by atoms with E-state index < -0.39 is 0 Å². The summed E-state index contributed by atoms with van der Waals surface area (Å²) in [5.41, 5.74) is 15.5. The van der Waals surface area contributed by atoms with E-state index in [2.05, 4.69) is 0 Å². The van der Waals surface area contributed by atoms with Crippen LogP contribution in [0.1, 0.15) is 0 Å². The Kier molecular flexibility index (Phi) is 8.12. The number of ether oxygens (including phenoxy) is 3. The average Bonchev–Trinajstić information content (AvgIpc) is 3.11. The highest BCUT2D eigenvalue weighted by Crippen LogP contribution is 2.31. The van der Waals surface area contributed by atoms with Crippen molar-refractivity contribution in [3.8, 4) is 68.7 Å². The minimum absolute atomic E-state index is 0.521. The van der Waals surface area contributed by atoms with E-state index in [4.69, 9.17) is 40.6 Å². The predicted molar refractivity (Wildman–Crippen MR) is 185 cm³/mol. The van der Waals surface area contributed by atoms with Crippen LogP contribution in [0.25, 0.3) is 34.2 Å². The van der Waals surface area contributed by atoms with Crippen LogP contribution in [0.3, 0.4) is 0 Å². The van der Waals surface area contributed by atoms with E-state index in [1.165, 1.54) is 0 Å². The zero-order valence-electron chi connectivity index (χ0n) is 25.2. The molecule has 0 aliphatic heterocycles. The van der Waals surface area contributed by atoms with E-state index in [-0.39, 0.29) is 0 Å². The van der Waals surface area contributed by atoms with Crippen molar-refractivity contribution in [2.24, 2.45) is 0 Å². The fourth-order valence-corrected chi connectivity index (χ4v) is 4.79. The lowest BCUT2D eigenvalue weighted by Crippen LogP contribution is -2.00. The van der Waals surface area contributed by atoms with Crippen molar-refractivity contribution in [3.05, 3.63) is 152 Å². The van der Waals surface area contributed by atoms with Gasteiger partial charge >= 0.3 is 0 Å². The van der Waals surface area contributed by atoms with Gasteiger partial charge in [0.05, 0.1) is 0 Å². The summed E-state index contributed by atoms with van der Waals surface area (Å²) < 4.78 is 18.0. The Morgan fingerprint density at radius 3 is 1.11 bits per heavy atom. The number of nitrogens with zero attached hydrogens (tertiary/aromatic N) is 3. The van der Waals surface area contributed by atoms with Crippen LogP contribution < -0.4 is 25.7 Å². The minimum Gasteiger partial charge on any atom is -0.457 e. The lowest BCUT2D eigenvalue weighted by atomic mass is 10.1. The second kappa shape index (κ2) is 13.1. The molecule has 0 bridgehead atoms. The van der Waals surface area contributed by atoms with Gasteiger partial charge in [-0.25, -0.2) is 15.0 Å². The summed E-state index contributed by atoms with van der Waals surface area (Å²) in [6, 6.07) is 47.1. The van der Waals surface area contributed by atoms with Crippen molar-refractivity contribution in [1.29, 1.82) is 0 Å². The summed E-state index contributed by atoms with van der Waals surface area (Å²) in [5.74, 6) is 5.74. The Hall–Kier alpha value is -6.67. The normalized spacial score (nSPS) is 10.7. The zero-order chi connectivity index (χ0) is 32.0. The molecule has 0 aliphatic rings. The quantitative estimate of drug-likeness (QED) is 0.154. The molecule has 0 atom stereocenters. The van der Waals surface area contributed by atoms with Crippen LogP contribution in [0.5, 0.6) is 34.5 Å². The van der Waals surface area contributed by atoms with E-state index in [9.17, 15) is 0 Å². The number of hydrogen-bond acceptors (Lipinski definition) is 8. The summed E-state index contributed by atoms with van der Waals surface area (Å²) in [7, 11) is 0. The largest absolute Gasteiger partial charge is 0.457 e. The van der Waals surface area contributed by atoms with E-state index in [1.54, 1.807) is 18.2 Å². The molecule has 1 heterocycles. The second-order valence-corrected chi connectivity index (χ2v) is 10.6. The van der Waals surface area contributed by atoms with E-state index in [0.29, 0.717) is 57.6 Å². The number of anilines is 2. The van der Waals surface area contributed by atoms with Crippen molar-refractivity contribution in [1.82, 2.24) is 15.0 Å². The molecular weight excluding hydrogens is 586 g/mol. The Morgan fingerprint density at radius 1 is 0.319 bits per heavy atom. The van der Waals surface area contributed by atoms with Crippen molar-refractivity contribution < 1.29 is 14.2 Å². The molecule has 4 N–H and O–H groups in total. The first-order chi connectivity index (χ1) is 23.0. The molecule has 0 fully saturated rings. The monoisotopic (exact) mass is 615 g/mol. The summed E-state index contributed by atoms with van der Waals surface area (Å²) in [6.45, 7) is 0. The number of para-hydroxylation sites is 1. The number of nitrogen functional groups attached to an aromatic ring is 2. The third-order valence-electron chi connectivity index (χ3n) is 7.16. The summed E-state index contributed by atoms with van der Waals surface area (Å²) >= 11 is 0. The maximum Gasteiger partial charge on any atom is 0.164 e. The highest BCUT2D eigenvalue weighted by Gasteiger charge is 2.14. The van der Waals surface area contributed by atoms with Gasteiger partial charge in [0.2, 0.25) is 0 Å². The lowest BCUT2D eigenvalue weighted by Gasteiger charge is -2.11. The third-order valence-corrected chi connectivity index (χ3v) is 7.16. The van der Waals surface area contributed by atoms with Crippen LogP contribution in [0.4, 0.5) is 11.4 Å². The Labute approximate surface area is 271 Å². The number of rotatable bonds is 9. The average molecular weight is 616 g/mol. The molecule has 6 aromatic carbocycles. The topological polar surface area (TPSA) is 118 Å². The van der Waals surface area contributed by atoms with E-state index in [1.807, 2.05) is 133 Å². The summed E-state index contributed by atoms with van der Waals surface area (Å²) in [4.78, 5) is 14.6. The molecular formula is C39H29N5O3. The standard InChI is InChI=1S/C39H29N5O3/c40-29-15-23-35(24-16-29)46-33-19-11-27(12-20-33)38-42-37(26-9-17-32(18-10-26)45-31-6-2-1-3-7-31)43-39(44-38)28-13-21-34(22-14-28)47-36-8-4-5-30(41)25-36/h1-25H,40-41H2. The van der Waals surface area contributed by atoms with Gasteiger partial charge in [-0.2, -0.15) is 0 Å². The molecule has 8 heteroatoms. The van der Waals surface area contributed by atoms with Crippen molar-refractivity contribution in [2.45, 2.75) is 0 Å². The molecule has 0 spiro atoms. The van der Waals surface area contributed by atoms with Gasteiger partial charge in [0, 0.05) is 34.1 Å². The van der Waals surface area contributed by atoms with Gasteiger partial charge in [-0.3, -0.25) is 0 Å². The molecule has 0 aliphatic carbocycles. The second-order valence-electron chi connectivity index (χ2n) is 10.6. The van der Waals surface area contributed by atoms with E-state index in [0.717, 1.165) is 22.4 Å². The Bertz CT molecular complexity index is 2100. The predicted octanol–water partition coefficient (Wildman–Crippen LogP) is 9.41. The molecule has 7 aromatic rings. The first-order valence-corrected chi connectivity index (χ1v) is 14.9. The maximum absolute atomic E-state index is 5.99. The van der Waals surface area contributed by atoms with Gasteiger partial charge in [0.15, 0.2) is 17.5 Å². The van der Waals surface area contributed by atoms with Crippen LogP contribution in [0, 0.1) is 0 Å². The third kappa shape index (κ3) is 7.19. The first kappa shape index (κ1) is 29.1. The Morgan fingerprint density at radius 2 is 0.681 bits per heavy atom. The number of benzene rings is 6. The van der Waals surface area contributed by atoms with Gasteiger partial charge in [-0.1, -0.05) is 24.3 Å². The van der Waals surface area contributed by atoms with Crippen molar-refractivity contribution >= 4 is 11.4 Å². The van der Waals surface area contributed by atoms with Gasteiger partial charge in [0.25, 0.3) is 0 Å².